The summed E-state index contributed by atoms with van der Waals surface area (Å²) in [5.74, 6) is 0.296. The molecule has 0 radical (unpaired) electrons. The summed E-state index contributed by atoms with van der Waals surface area (Å²) in [6, 6.07) is 1.63. The molecule has 0 aliphatic rings. The normalized spacial score (nSPS) is 10.4. The quantitative estimate of drug-likeness (QED) is 0.743. The van der Waals surface area contributed by atoms with Gasteiger partial charge in [-0.3, -0.25) is 4.79 Å². The van der Waals surface area contributed by atoms with Crippen LogP contribution in [0.1, 0.15) is 33.5 Å². The Morgan fingerprint density at radius 3 is 2.47 bits per heavy atom. The van der Waals surface area contributed by atoms with Gasteiger partial charge in [-0.15, -0.1) is 0 Å². The minimum absolute atomic E-state index is 0.0515. The van der Waals surface area contributed by atoms with Crippen LogP contribution < -0.4 is 5.73 Å². The number of benzene rings is 1. The predicted molar refractivity (Wildman–Crippen MR) is 60.3 cm³/mol. The van der Waals surface area contributed by atoms with Crippen molar-refractivity contribution < 1.29 is 9.90 Å². The zero-order valence-electron chi connectivity index (χ0n) is 9.42. The number of aromatic hydroxyl groups is 1. The van der Waals surface area contributed by atoms with Gasteiger partial charge in [0.15, 0.2) is 5.78 Å². The van der Waals surface area contributed by atoms with E-state index in [0.717, 1.165) is 16.7 Å². The molecule has 0 saturated carbocycles. The van der Waals surface area contributed by atoms with Crippen molar-refractivity contribution in [3.8, 4) is 5.75 Å². The fourth-order valence-corrected chi connectivity index (χ4v) is 1.75. The van der Waals surface area contributed by atoms with E-state index in [9.17, 15) is 9.90 Å². The summed E-state index contributed by atoms with van der Waals surface area (Å²) in [6.45, 7) is 5.85. The first kappa shape index (κ1) is 11.7. The highest BCUT2D eigenvalue weighted by Gasteiger charge is 2.15. The van der Waals surface area contributed by atoms with Crippen LogP contribution >= 0.6 is 0 Å². The number of carbonyl (C=O) groups is 1. The van der Waals surface area contributed by atoms with Gasteiger partial charge in [0.2, 0.25) is 0 Å². The standard InChI is InChI=1S/C12H17NO2/c1-7-6-11(15)8(2)9(3)12(7)10(14)4-5-13/h6,15H,4-5,13H2,1-3H3. The number of ketones is 1. The van der Waals surface area contributed by atoms with Gasteiger partial charge in [-0.25, -0.2) is 0 Å². The molecule has 0 heterocycles. The molecule has 0 aliphatic heterocycles. The minimum Gasteiger partial charge on any atom is -0.508 e. The van der Waals surface area contributed by atoms with Crippen molar-refractivity contribution in [2.24, 2.45) is 5.73 Å². The SMILES string of the molecule is Cc1cc(O)c(C)c(C)c1C(=O)CCN. The van der Waals surface area contributed by atoms with Crippen LogP contribution in [0.2, 0.25) is 0 Å². The molecular formula is C12H17NO2. The molecule has 0 bridgehead atoms. The van der Waals surface area contributed by atoms with E-state index in [4.69, 9.17) is 5.73 Å². The number of hydrogen-bond acceptors (Lipinski definition) is 3. The van der Waals surface area contributed by atoms with E-state index in [1.165, 1.54) is 0 Å². The summed E-state index contributed by atoms with van der Waals surface area (Å²) >= 11 is 0. The van der Waals surface area contributed by atoms with Crippen molar-refractivity contribution in [1.29, 1.82) is 0 Å². The zero-order chi connectivity index (χ0) is 11.6. The lowest BCUT2D eigenvalue weighted by Gasteiger charge is -2.12. The number of rotatable bonds is 3. The molecular weight excluding hydrogens is 190 g/mol. The van der Waals surface area contributed by atoms with Gasteiger partial charge in [-0.2, -0.15) is 0 Å². The number of phenols is 1. The Balaban J connectivity index is 3.29. The molecule has 0 aromatic heterocycles. The van der Waals surface area contributed by atoms with E-state index < -0.39 is 0 Å². The van der Waals surface area contributed by atoms with Crippen LogP contribution in [-0.2, 0) is 0 Å². The highest BCUT2D eigenvalue weighted by Crippen LogP contribution is 2.27. The average Bonchev–Trinajstić information content (AvgIpc) is 2.15. The van der Waals surface area contributed by atoms with E-state index in [-0.39, 0.29) is 11.5 Å². The summed E-state index contributed by atoms with van der Waals surface area (Å²) in [5, 5.41) is 9.58. The van der Waals surface area contributed by atoms with Crippen molar-refractivity contribution in [2.75, 3.05) is 6.54 Å². The van der Waals surface area contributed by atoms with Gasteiger partial charge in [0, 0.05) is 12.0 Å². The topological polar surface area (TPSA) is 63.3 Å². The van der Waals surface area contributed by atoms with Crippen molar-refractivity contribution in [2.45, 2.75) is 27.2 Å². The number of aryl methyl sites for hydroxylation is 1. The van der Waals surface area contributed by atoms with E-state index >= 15 is 0 Å². The van der Waals surface area contributed by atoms with Gasteiger partial charge in [0.25, 0.3) is 0 Å². The lowest BCUT2D eigenvalue weighted by molar-refractivity contribution is 0.0984. The first-order valence-corrected chi connectivity index (χ1v) is 5.02. The van der Waals surface area contributed by atoms with Crippen LogP contribution in [0.5, 0.6) is 5.75 Å². The van der Waals surface area contributed by atoms with Gasteiger partial charge >= 0.3 is 0 Å². The molecule has 1 rings (SSSR count). The molecule has 0 fully saturated rings. The largest absolute Gasteiger partial charge is 0.508 e. The molecule has 1 aromatic rings. The molecule has 82 valence electrons. The Bertz CT molecular complexity index is 397. The van der Waals surface area contributed by atoms with E-state index in [0.29, 0.717) is 18.5 Å². The van der Waals surface area contributed by atoms with E-state index in [1.54, 1.807) is 6.07 Å². The molecule has 3 N–H and O–H groups in total. The number of hydrogen-bond donors (Lipinski definition) is 2. The second-order valence-electron chi connectivity index (χ2n) is 3.80. The number of Topliss-reactive ketones (excluding diaryl/α,β-unsaturated/α-hetero) is 1. The molecule has 3 nitrogen and oxygen atoms in total. The lowest BCUT2D eigenvalue weighted by Crippen LogP contribution is -2.11. The van der Waals surface area contributed by atoms with Gasteiger partial charge in [-0.1, -0.05) is 0 Å². The molecule has 0 saturated heterocycles. The molecule has 0 spiro atoms. The fraction of sp³-hybridized carbons (Fsp3) is 0.417. The molecule has 0 amide bonds. The first-order chi connectivity index (χ1) is 6.99. The minimum atomic E-state index is 0.0515. The average molecular weight is 207 g/mol. The Kier molecular flexibility index (Phi) is 3.48. The second kappa shape index (κ2) is 4.45. The summed E-state index contributed by atoms with van der Waals surface area (Å²) < 4.78 is 0. The highest BCUT2D eigenvalue weighted by molar-refractivity contribution is 5.99. The maximum Gasteiger partial charge on any atom is 0.164 e. The monoisotopic (exact) mass is 207 g/mol. The summed E-state index contributed by atoms with van der Waals surface area (Å²) in [6.07, 6.45) is 0.353. The maximum absolute atomic E-state index is 11.8. The van der Waals surface area contributed by atoms with Crippen molar-refractivity contribution in [3.63, 3.8) is 0 Å². The third kappa shape index (κ3) is 2.18. The smallest absolute Gasteiger partial charge is 0.164 e. The molecule has 3 heteroatoms. The van der Waals surface area contributed by atoms with Crippen LogP contribution in [0.4, 0.5) is 0 Å². The van der Waals surface area contributed by atoms with Crippen LogP contribution in [0, 0.1) is 20.8 Å². The zero-order valence-corrected chi connectivity index (χ0v) is 9.42. The number of phenolic OH excluding ortho intramolecular Hbond substituents is 1. The second-order valence-corrected chi connectivity index (χ2v) is 3.80. The fourth-order valence-electron chi connectivity index (χ4n) is 1.75. The van der Waals surface area contributed by atoms with Crippen LogP contribution in [0.15, 0.2) is 6.07 Å². The third-order valence-electron chi connectivity index (χ3n) is 2.72. The molecule has 15 heavy (non-hydrogen) atoms. The molecule has 0 aliphatic carbocycles. The summed E-state index contributed by atoms with van der Waals surface area (Å²) in [4.78, 5) is 11.8. The Labute approximate surface area is 89.9 Å². The maximum atomic E-state index is 11.8. The Morgan fingerprint density at radius 2 is 1.93 bits per heavy atom. The van der Waals surface area contributed by atoms with Crippen molar-refractivity contribution in [3.05, 3.63) is 28.3 Å². The van der Waals surface area contributed by atoms with E-state index in [2.05, 4.69) is 0 Å². The van der Waals surface area contributed by atoms with Crippen molar-refractivity contribution in [1.82, 2.24) is 0 Å². The Hall–Kier alpha value is -1.35. The summed E-state index contributed by atoms with van der Waals surface area (Å²) in [7, 11) is 0. The number of carbonyl (C=O) groups excluding carboxylic acids is 1. The van der Waals surface area contributed by atoms with Gasteiger partial charge in [-0.05, 0) is 50.1 Å². The third-order valence-corrected chi connectivity index (χ3v) is 2.72. The molecule has 1 aromatic carbocycles. The van der Waals surface area contributed by atoms with Crippen LogP contribution in [0.3, 0.4) is 0 Å². The molecule has 0 unspecified atom stereocenters. The summed E-state index contributed by atoms with van der Waals surface area (Å²) in [5.41, 5.74) is 8.50. The van der Waals surface area contributed by atoms with Crippen LogP contribution in [0.25, 0.3) is 0 Å². The lowest BCUT2D eigenvalue weighted by atomic mass is 9.93. The van der Waals surface area contributed by atoms with E-state index in [1.807, 2.05) is 20.8 Å². The van der Waals surface area contributed by atoms with Crippen molar-refractivity contribution >= 4 is 5.78 Å². The molecule has 0 atom stereocenters. The number of nitrogens with two attached hydrogens (primary N) is 1. The van der Waals surface area contributed by atoms with Gasteiger partial charge in [0.05, 0.1) is 0 Å². The van der Waals surface area contributed by atoms with Gasteiger partial charge < -0.3 is 10.8 Å². The Morgan fingerprint density at radius 1 is 1.33 bits per heavy atom. The predicted octanol–water partition coefficient (Wildman–Crippen LogP) is 1.85. The highest BCUT2D eigenvalue weighted by atomic mass is 16.3. The van der Waals surface area contributed by atoms with Crippen LogP contribution in [-0.4, -0.2) is 17.4 Å². The first-order valence-electron chi connectivity index (χ1n) is 5.02. The van der Waals surface area contributed by atoms with Gasteiger partial charge in [0.1, 0.15) is 5.75 Å².